The highest BCUT2D eigenvalue weighted by atomic mass is 16.1. The fourth-order valence-electron chi connectivity index (χ4n) is 3.80. The second kappa shape index (κ2) is 5.47. The lowest BCUT2D eigenvalue weighted by Crippen LogP contribution is -2.27. The summed E-state index contributed by atoms with van der Waals surface area (Å²) >= 11 is 0. The highest BCUT2D eigenvalue weighted by Gasteiger charge is 2.32. The number of aryl methyl sites for hydroxylation is 2. The number of fused-ring (bicyclic) bond motifs is 1. The Morgan fingerprint density at radius 1 is 1.25 bits per heavy atom. The van der Waals surface area contributed by atoms with Crippen LogP contribution in [-0.4, -0.2) is 26.3 Å². The van der Waals surface area contributed by atoms with Gasteiger partial charge in [0.25, 0.3) is 5.56 Å². The molecular formula is C18H21N5O. The average molecular weight is 323 g/mol. The Bertz CT molecular complexity index is 971. The van der Waals surface area contributed by atoms with Crippen LogP contribution in [0.5, 0.6) is 0 Å². The van der Waals surface area contributed by atoms with E-state index in [4.69, 9.17) is 4.98 Å². The minimum atomic E-state index is -0.0825. The number of aromatic amines is 1. The van der Waals surface area contributed by atoms with Crippen LogP contribution in [0.4, 0.5) is 5.95 Å². The van der Waals surface area contributed by atoms with Crippen molar-refractivity contribution in [3.05, 3.63) is 51.6 Å². The number of hydrogen-bond acceptors (Lipinski definition) is 4. The number of rotatable bonds is 2. The van der Waals surface area contributed by atoms with E-state index in [0.29, 0.717) is 11.3 Å². The van der Waals surface area contributed by atoms with E-state index in [1.165, 1.54) is 11.3 Å². The van der Waals surface area contributed by atoms with E-state index >= 15 is 0 Å². The van der Waals surface area contributed by atoms with E-state index < -0.39 is 0 Å². The maximum atomic E-state index is 12.4. The predicted octanol–water partition coefficient (Wildman–Crippen LogP) is 2.61. The van der Waals surface area contributed by atoms with Crippen molar-refractivity contribution in [2.24, 2.45) is 7.05 Å². The topological polar surface area (TPSA) is 66.8 Å². The van der Waals surface area contributed by atoms with Crippen molar-refractivity contribution >= 4 is 16.9 Å². The molecule has 1 aromatic carbocycles. The number of benzene rings is 1. The molecule has 1 N–H and O–H groups in total. The van der Waals surface area contributed by atoms with Crippen LogP contribution in [0, 0.1) is 13.8 Å². The summed E-state index contributed by atoms with van der Waals surface area (Å²) in [5.41, 5.74) is 4.13. The maximum Gasteiger partial charge on any atom is 0.260 e. The molecule has 0 amide bonds. The smallest absolute Gasteiger partial charge is 0.260 e. The van der Waals surface area contributed by atoms with Crippen LogP contribution in [0.1, 0.15) is 35.8 Å². The normalized spacial score (nSPS) is 17.8. The van der Waals surface area contributed by atoms with Crippen LogP contribution in [0.25, 0.3) is 10.9 Å². The second-order valence-electron chi connectivity index (χ2n) is 6.47. The Kier molecular flexibility index (Phi) is 3.40. The van der Waals surface area contributed by atoms with E-state index in [0.717, 1.165) is 30.6 Å². The first-order valence-corrected chi connectivity index (χ1v) is 8.32. The summed E-state index contributed by atoms with van der Waals surface area (Å²) in [4.78, 5) is 22.3. The lowest BCUT2D eigenvalue weighted by atomic mass is 10.0. The molecule has 1 fully saturated rings. The summed E-state index contributed by atoms with van der Waals surface area (Å²) in [6.45, 7) is 5.04. The van der Waals surface area contributed by atoms with Crippen LogP contribution in [0.3, 0.4) is 0 Å². The van der Waals surface area contributed by atoms with Gasteiger partial charge in [-0.25, -0.2) is 4.98 Å². The molecule has 3 aromatic rings. The lowest BCUT2D eigenvalue weighted by Gasteiger charge is -2.26. The van der Waals surface area contributed by atoms with E-state index in [1.54, 1.807) is 0 Å². The molecule has 3 heterocycles. The molecule has 0 unspecified atom stereocenters. The minimum absolute atomic E-state index is 0.0825. The molecule has 1 aliphatic rings. The number of aromatic nitrogens is 4. The van der Waals surface area contributed by atoms with E-state index in [1.807, 2.05) is 36.0 Å². The molecule has 6 heteroatoms. The maximum absolute atomic E-state index is 12.4. The van der Waals surface area contributed by atoms with Crippen molar-refractivity contribution in [1.82, 2.24) is 19.7 Å². The summed E-state index contributed by atoms with van der Waals surface area (Å²) in [6, 6.07) is 7.68. The van der Waals surface area contributed by atoms with Crippen LogP contribution >= 0.6 is 0 Å². The summed E-state index contributed by atoms with van der Waals surface area (Å²) in [6.07, 6.45) is 2.12. The van der Waals surface area contributed by atoms with Gasteiger partial charge in [-0.05, 0) is 38.8 Å². The Morgan fingerprint density at radius 3 is 2.79 bits per heavy atom. The van der Waals surface area contributed by atoms with Crippen molar-refractivity contribution in [1.29, 1.82) is 0 Å². The van der Waals surface area contributed by atoms with Crippen molar-refractivity contribution < 1.29 is 0 Å². The zero-order valence-corrected chi connectivity index (χ0v) is 14.2. The molecule has 1 aliphatic heterocycles. The van der Waals surface area contributed by atoms with E-state index in [2.05, 4.69) is 28.8 Å². The molecule has 6 nitrogen and oxygen atoms in total. The van der Waals surface area contributed by atoms with Crippen molar-refractivity contribution in [2.75, 3.05) is 11.4 Å². The monoisotopic (exact) mass is 323 g/mol. The molecule has 0 radical (unpaired) electrons. The quantitative estimate of drug-likeness (QED) is 0.787. The van der Waals surface area contributed by atoms with Crippen LogP contribution in [-0.2, 0) is 7.05 Å². The van der Waals surface area contributed by atoms with Gasteiger partial charge in [-0.15, -0.1) is 0 Å². The molecule has 0 saturated carbocycles. The first-order valence-electron chi connectivity index (χ1n) is 8.32. The fourth-order valence-corrected chi connectivity index (χ4v) is 3.80. The molecule has 0 aliphatic carbocycles. The van der Waals surface area contributed by atoms with Crippen molar-refractivity contribution in [2.45, 2.75) is 32.7 Å². The number of nitrogens with one attached hydrogen (secondary N) is 1. The molecule has 124 valence electrons. The van der Waals surface area contributed by atoms with Gasteiger partial charge in [0.2, 0.25) is 5.95 Å². The Hall–Kier alpha value is -2.63. The lowest BCUT2D eigenvalue weighted by molar-refractivity contribution is 0.686. The van der Waals surface area contributed by atoms with Gasteiger partial charge < -0.3 is 4.90 Å². The second-order valence-corrected chi connectivity index (χ2v) is 6.47. The molecule has 0 spiro atoms. The molecule has 1 atom stereocenters. The van der Waals surface area contributed by atoms with Gasteiger partial charge in [0.05, 0.1) is 22.6 Å². The third-order valence-electron chi connectivity index (χ3n) is 5.02. The Labute approximate surface area is 140 Å². The number of H-pyrrole nitrogens is 1. The minimum Gasteiger partial charge on any atom is -0.335 e. The zero-order chi connectivity index (χ0) is 16.8. The first-order chi connectivity index (χ1) is 11.6. The molecule has 4 rings (SSSR count). The van der Waals surface area contributed by atoms with E-state index in [9.17, 15) is 4.79 Å². The van der Waals surface area contributed by atoms with Gasteiger partial charge in [-0.2, -0.15) is 5.10 Å². The van der Waals surface area contributed by atoms with E-state index in [-0.39, 0.29) is 11.6 Å². The summed E-state index contributed by atoms with van der Waals surface area (Å²) < 4.78 is 1.93. The third kappa shape index (κ3) is 2.21. The number of nitrogens with zero attached hydrogens (tertiary/aromatic N) is 4. The van der Waals surface area contributed by atoms with Gasteiger partial charge in [-0.3, -0.25) is 14.5 Å². The molecule has 2 aromatic heterocycles. The first kappa shape index (κ1) is 14.9. The molecule has 24 heavy (non-hydrogen) atoms. The summed E-state index contributed by atoms with van der Waals surface area (Å²) in [5, 5.41) is 5.18. The molecule has 1 saturated heterocycles. The predicted molar refractivity (Wildman–Crippen MR) is 94.4 cm³/mol. The van der Waals surface area contributed by atoms with Crippen molar-refractivity contribution in [3.63, 3.8) is 0 Å². The Morgan fingerprint density at radius 2 is 2.04 bits per heavy atom. The zero-order valence-electron chi connectivity index (χ0n) is 14.2. The van der Waals surface area contributed by atoms with Crippen molar-refractivity contribution in [3.8, 4) is 0 Å². The van der Waals surface area contributed by atoms with Gasteiger partial charge in [0.15, 0.2) is 0 Å². The summed E-state index contributed by atoms with van der Waals surface area (Å²) in [7, 11) is 1.97. The standard InChI is InChI=1S/C18H21N5O/c1-11-16(12(2)22(3)21-11)15-9-6-10-23(15)18-19-14-8-5-4-7-13(14)17(24)20-18/h4-5,7-8,15H,6,9-10H2,1-3H3,(H,19,20,24)/t15-/m0/s1. The largest absolute Gasteiger partial charge is 0.335 e. The number of anilines is 1. The van der Waals surface area contributed by atoms with Gasteiger partial charge in [-0.1, -0.05) is 12.1 Å². The third-order valence-corrected chi connectivity index (χ3v) is 5.02. The average Bonchev–Trinajstić information content (AvgIpc) is 3.12. The van der Waals surface area contributed by atoms with Crippen LogP contribution in [0.2, 0.25) is 0 Å². The molecule has 0 bridgehead atoms. The SMILES string of the molecule is Cc1nn(C)c(C)c1[C@@H]1CCCN1c1nc2ccccc2c(=O)[nH]1. The highest BCUT2D eigenvalue weighted by molar-refractivity contribution is 5.78. The fraction of sp³-hybridized carbons (Fsp3) is 0.389. The van der Waals surface area contributed by atoms with Gasteiger partial charge in [0.1, 0.15) is 0 Å². The van der Waals surface area contributed by atoms with Crippen LogP contribution < -0.4 is 10.5 Å². The number of hydrogen-bond donors (Lipinski definition) is 1. The van der Waals surface area contributed by atoms with Gasteiger partial charge in [0, 0.05) is 24.8 Å². The highest BCUT2D eigenvalue weighted by Crippen LogP contribution is 2.37. The van der Waals surface area contributed by atoms with Gasteiger partial charge >= 0.3 is 0 Å². The summed E-state index contributed by atoms with van der Waals surface area (Å²) in [5.74, 6) is 0.656. The number of para-hydroxylation sites is 1. The van der Waals surface area contributed by atoms with Crippen LogP contribution in [0.15, 0.2) is 29.1 Å². The molecular weight excluding hydrogens is 302 g/mol. The Balaban J connectivity index is 1.82.